The van der Waals surface area contributed by atoms with Gasteiger partial charge in [0.1, 0.15) is 40.8 Å². The molecule has 2 aromatic rings. The Morgan fingerprint density at radius 3 is 2.87 bits per heavy atom. The maximum atomic E-state index is 13.2. The van der Waals surface area contributed by atoms with Crippen molar-refractivity contribution in [1.82, 2.24) is 14.9 Å². The van der Waals surface area contributed by atoms with Gasteiger partial charge in [-0.1, -0.05) is 0 Å². The van der Waals surface area contributed by atoms with Crippen LogP contribution in [-0.2, 0) is 27.2 Å². The molecule has 3 amide bonds. The number of methoxy groups -OCH3 is 2. The first-order chi connectivity index (χ1) is 18.4. The van der Waals surface area contributed by atoms with E-state index < -0.39 is 18.4 Å². The summed E-state index contributed by atoms with van der Waals surface area (Å²) in [7, 11) is 2.97. The molecule has 13 heteroatoms. The summed E-state index contributed by atoms with van der Waals surface area (Å²) in [5.74, 6) is 0.548. The number of aryl methyl sites for hydroxylation is 1. The highest BCUT2D eigenvalue weighted by molar-refractivity contribution is 6.01. The maximum absolute atomic E-state index is 13.2. The molecule has 0 radical (unpaired) electrons. The summed E-state index contributed by atoms with van der Waals surface area (Å²) in [5, 5.41) is 12.0. The smallest absolute Gasteiger partial charge is 0.328 e. The van der Waals surface area contributed by atoms with Gasteiger partial charge in [0, 0.05) is 51.9 Å². The van der Waals surface area contributed by atoms with E-state index in [0.29, 0.717) is 50.0 Å². The van der Waals surface area contributed by atoms with Crippen LogP contribution in [0.4, 0.5) is 16.4 Å². The predicted molar refractivity (Wildman–Crippen MR) is 135 cm³/mol. The lowest BCUT2D eigenvalue weighted by atomic mass is 10.0. The number of ether oxygens (including phenoxy) is 3. The van der Waals surface area contributed by atoms with Crippen LogP contribution in [-0.4, -0.2) is 79.3 Å². The van der Waals surface area contributed by atoms with Crippen molar-refractivity contribution in [3.05, 3.63) is 40.7 Å². The van der Waals surface area contributed by atoms with E-state index in [-0.39, 0.29) is 41.9 Å². The van der Waals surface area contributed by atoms with Crippen molar-refractivity contribution >= 4 is 29.9 Å². The molecule has 200 valence electrons. The van der Waals surface area contributed by atoms with Crippen LogP contribution in [0.25, 0.3) is 0 Å². The van der Waals surface area contributed by atoms with Gasteiger partial charge in [0.25, 0.3) is 5.91 Å². The molecule has 0 unspecified atom stereocenters. The molecule has 0 aromatic carbocycles. The second-order valence-corrected chi connectivity index (χ2v) is 8.88. The third-order valence-electron chi connectivity index (χ3n) is 6.36. The molecule has 0 saturated carbocycles. The molecule has 0 spiro atoms. The Labute approximate surface area is 219 Å². The molecule has 13 nitrogen and oxygen atoms in total. The van der Waals surface area contributed by atoms with Gasteiger partial charge in [0.2, 0.25) is 0 Å². The van der Waals surface area contributed by atoms with Crippen molar-refractivity contribution in [2.24, 2.45) is 5.73 Å². The van der Waals surface area contributed by atoms with Gasteiger partial charge in [-0.05, 0) is 24.5 Å². The number of fused-ring (bicyclic) bond motifs is 1. The van der Waals surface area contributed by atoms with E-state index >= 15 is 0 Å². The number of urea groups is 1. The maximum Gasteiger partial charge on any atom is 0.328 e. The van der Waals surface area contributed by atoms with E-state index in [0.717, 1.165) is 5.56 Å². The monoisotopic (exact) mass is 523 g/mol. The highest BCUT2D eigenvalue weighted by Gasteiger charge is 2.33. The quantitative estimate of drug-likeness (QED) is 0.359. The van der Waals surface area contributed by atoms with Gasteiger partial charge in [-0.15, -0.1) is 0 Å². The second kappa shape index (κ2) is 12.0. The first kappa shape index (κ1) is 26.9. The zero-order chi connectivity index (χ0) is 27.2. The number of hydrogen-bond donors (Lipinski definition) is 2. The Kier molecular flexibility index (Phi) is 8.47. The molecule has 38 heavy (non-hydrogen) atoms. The van der Waals surface area contributed by atoms with Gasteiger partial charge >= 0.3 is 6.03 Å². The standard InChI is InChI=1S/C25H29N7O6/c1-36-14-21(27)38-20-9-22(28-11-17(20)10-26)30-25(35)32-6-3-4-15-8-16(18(13-33)29-23(15)32)12-31-7-5-19(37-2)24(31)34/h8-9,11,13,19,21H,3-7,12,14,27H2,1-2H3,(H,28,30,35)/t19-,21+/m0/s1. The van der Waals surface area contributed by atoms with E-state index in [1.54, 1.807) is 4.90 Å². The molecule has 2 aliphatic heterocycles. The summed E-state index contributed by atoms with van der Waals surface area (Å²) in [5.41, 5.74) is 7.56. The average molecular weight is 524 g/mol. The van der Waals surface area contributed by atoms with E-state index in [1.807, 2.05) is 12.1 Å². The summed E-state index contributed by atoms with van der Waals surface area (Å²) in [6.45, 7) is 1.25. The van der Waals surface area contributed by atoms with Crippen molar-refractivity contribution in [3.8, 4) is 11.8 Å². The summed E-state index contributed by atoms with van der Waals surface area (Å²) in [6.07, 6.45) is 2.54. The summed E-state index contributed by atoms with van der Waals surface area (Å²) < 4.78 is 15.7. The Balaban J connectivity index is 1.54. The van der Waals surface area contributed by atoms with Crippen LogP contribution < -0.4 is 20.7 Å². The van der Waals surface area contributed by atoms with Crippen LogP contribution in [0.5, 0.6) is 5.75 Å². The Hall–Kier alpha value is -4.12. The van der Waals surface area contributed by atoms with Crippen molar-refractivity contribution in [2.45, 2.75) is 38.1 Å². The van der Waals surface area contributed by atoms with Crippen molar-refractivity contribution < 1.29 is 28.6 Å². The molecule has 2 aliphatic rings. The third kappa shape index (κ3) is 5.72. The lowest BCUT2D eigenvalue weighted by Crippen LogP contribution is -2.40. The molecule has 2 atom stereocenters. The van der Waals surface area contributed by atoms with Crippen LogP contribution in [0.15, 0.2) is 18.3 Å². The van der Waals surface area contributed by atoms with Crippen LogP contribution >= 0.6 is 0 Å². The minimum atomic E-state index is -0.816. The minimum Gasteiger partial charge on any atom is -0.472 e. The first-order valence-corrected chi connectivity index (χ1v) is 12.1. The zero-order valence-electron chi connectivity index (χ0n) is 21.2. The minimum absolute atomic E-state index is 0.102. The highest BCUT2D eigenvalue weighted by atomic mass is 16.5. The Morgan fingerprint density at radius 2 is 2.18 bits per heavy atom. The number of aromatic nitrogens is 2. The van der Waals surface area contributed by atoms with E-state index in [2.05, 4.69) is 15.3 Å². The lowest BCUT2D eigenvalue weighted by Gasteiger charge is -2.29. The number of nitrogens with one attached hydrogen (secondary N) is 1. The van der Waals surface area contributed by atoms with E-state index in [9.17, 15) is 19.6 Å². The molecule has 3 N–H and O–H groups in total. The van der Waals surface area contributed by atoms with E-state index in [1.165, 1.54) is 31.4 Å². The van der Waals surface area contributed by atoms with Crippen molar-refractivity contribution in [3.63, 3.8) is 0 Å². The van der Waals surface area contributed by atoms with Gasteiger partial charge < -0.3 is 19.1 Å². The Morgan fingerprint density at radius 1 is 1.37 bits per heavy atom. The Bertz CT molecular complexity index is 1260. The molecule has 1 saturated heterocycles. The number of carbonyl (C=O) groups is 3. The fourth-order valence-corrected chi connectivity index (χ4v) is 4.50. The third-order valence-corrected chi connectivity index (χ3v) is 6.36. The van der Waals surface area contributed by atoms with Gasteiger partial charge in [-0.25, -0.2) is 14.8 Å². The summed E-state index contributed by atoms with van der Waals surface area (Å²) in [6, 6.07) is 4.70. The largest absolute Gasteiger partial charge is 0.472 e. The van der Waals surface area contributed by atoms with Crippen LogP contribution in [0.3, 0.4) is 0 Å². The van der Waals surface area contributed by atoms with Crippen LogP contribution in [0.1, 0.15) is 40.0 Å². The van der Waals surface area contributed by atoms with Gasteiger partial charge in [0.05, 0.1) is 12.8 Å². The number of hydrogen-bond acceptors (Lipinski definition) is 10. The molecule has 2 aromatic heterocycles. The molecular formula is C25H29N7O6. The number of likely N-dealkylation sites (tertiary alicyclic amines) is 1. The first-order valence-electron chi connectivity index (χ1n) is 12.1. The number of anilines is 2. The normalized spacial score (nSPS) is 17.5. The average Bonchev–Trinajstić information content (AvgIpc) is 3.26. The zero-order valence-corrected chi connectivity index (χ0v) is 21.2. The SMILES string of the molecule is COC[C@H](N)Oc1cc(NC(=O)N2CCCc3cc(CN4CC[C@H](OC)C4=O)c(C=O)nc32)ncc1C#N. The molecular weight excluding hydrogens is 494 g/mol. The fourth-order valence-electron chi connectivity index (χ4n) is 4.50. The topological polar surface area (TPSA) is 173 Å². The predicted octanol–water partition coefficient (Wildman–Crippen LogP) is 1.20. The number of aldehydes is 1. The lowest BCUT2D eigenvalue weighted by molar-refractivity contribution is -0.136. The highest BCUT2D eigenvalue weighted by Crippen LogP contribution is 2.29. The van der Waals surface area contributed by atoms with Gasteiger partial charge in [-0.2, -0.15) is 5.26 Å². The summed E-state index contributed by atoms with van der Waals surface area (Å²) in [4.78, 5) is 49.3. The van der Waals surface area contributed by atoms with Crippen molar-refractivity contribution in [1.29, 1.82) is 5.26 Å². The number of rotatable bonds is 9. The van der Waals surface area contributed by atoms with Crippen LogP contribution in [0.2, 0.25) is 0 Å². The molecule has 0 aliphatic carbocycles. The number of pyridine rings is 2. The molecule has 4 heterocycles. The van der Waals surface area contributed by atoms with Gasteiger partial charge in [0.15, 0.2) is 12.5 Å². The number of carbonyl (C=O) groups excluding carboxylic acids is 3. The second-order valence-electron chi connectivity index (χ2n) is 8.88. The van der Waals surface area contributed by atoms with Gasteiger partial charge in [-0.3, -0.25) is 25.5 Å². The van der Waals surface area contributed by atoms with E-state index in [4.69, 9.17) is 19.9 Å². The van der Waals surface area contributed by atoms with Crippen molar-refractivity contribution in [2.75, 3.05) is 44.1 Å². The fraction of sp³-hybridized carbons (Fsp3) is 0.440. The molecule has 1 fully saturated rings. The number of amides is 3. The summed E-state index contributed by atoms with van der Waals surface area (Å²) >= 11 is 0. The number of nitrogens with zero attached hydrogens (tertiary/aromatic N) is 5. The number of nitriles is 1. The van der Waals surface area contributed by atoms with Crippen LogP contribution in [0, 0.1) is 11.3 Å². The molecule has 4 rings (SSSR count). The molecule has 0 bridgehead atoms. The number of nitrogens with two attached hydrogens (primary N) is 1.